The number of carbonyl (C=O) groups excluding carboxylic acids is 1. The van der Waals surface area contributed by atoms with Crippen molar-refractivity contribution < 1.29 is 19.4 Å². The van der Waals surface area contributed by atoms with Gasteiger partial charge >= 0.3 is 0 Å². The molecular formula is C35H32BrClN2O4. The quantitative estimate of drug-likeness (QED) is 0.154. The van der Waals surface area contributed by atoms with Crippen molar-refractivity contribution in [2.45, 2.75) is 31.0 Å². The smallest absolute Gasteiger partial charge is 0.252 e. The molecule has 4 aromatic rings. The SMILES string of the molecule is O=C(NCc1ccccc1Cl)[C@]1(C/C=C/c2ccccc2)N=C(c2ccc(OCCCO)cc2)O[C@@H]1c1ccc(Br)cc1. The summed E-state index contributed by atoms with van der Waals surface area (Å²) < 4.78 is 13.2. The summed E-state index contributed by atoms with van der Waals surface area (Å²) in [5.41, 5.74) is 2.09. The lowest BCUT2D eigenvalue weighted by atomic mass is 9.84. The van der Waals surface area contributed by atoms with Gasteiger partial charge in [-0.25, -0.2) is 4.99 Å². The zero-order valence-electron chi connectivity index (χ0n) is 23.5. The first-order valence-electron chi connectivity index (χ1n) is 14.1. The highest BCUT2D eigenvalue weighted by Crippen LogP contribution is 2.43. The van der Waals surface area contributed by atoms with E-state index in [1.165, 1.54) is 0 Å². The second kappa shape index (κ2) is 14.5. The summed E-state index contributed by atoms with van der Waals surface area (Å²) >= 11 is 9.92. The van der Waals surface area contributed by atoms with Crippen LogP contribution in [0, 0.1) is 0 Å². The summed E-state index contributed by atoms with van der Waals surface area (Å²) in [5.74, 6) is 0.780. The number of ether oxygens (including phenoxy) is 2. The lowest BCUT2D eigenvalue weighted by Gasteiger charge is -2.30. The van der Waals surface area contributed by atoms with Gasteiger partial charge in [-0.3, -0.25) is 4.79 Å². The molecule has 8 heteroatoms. The molecule has 4 aromatic carbocycles. The number of carbonyl (C=O) groups is 1. The number of nitrogens with zero attached hydrogens (tertiary/aromatic N) is 1. The van der Waals surface area contributed by atoms with Crippen molar-refractivity contribution in [1.29, 1.82) is 0 Å². The minimum absolute atomic E-state index is 0.0690. The topological polar surface area (TPSA) is 80.2 Å². The Labute approximate surface area is 265 Å². The fourth-order valence-corrected chi connectivity index (χ4v) is 5.33. The monoisotopic (exact) mass is 658 g/mol. The Morgan fingerprint density at radius 3 is 2.44 bits per heavy atom. The minimum Gasteiger partial charge on any atom is -0.494 e. The third-order valence-corrected chi connectivity index (χ3v) is 8.04. The van der Waals surface area contributed by atoms with Crippen LogP contribution in [0.5, 0.6) is 5.75 Å². The van der Waals surface area contributed by atoms with Crippen LogP contribution in [0.4, 0.5) is 0 Å². The molecule has 1 amide bonds. The summed E-state index contributed by atoms with van der Waals surface area (Å²) in [5, 5.41) is 12.7. The van der Waals surface area contributed by atoms with Crippen LogP contribution in [-0.4, -0.2) is 35.7 Å². The van der Waals surface area contributed by atoms with Crippen LogP contribution in [0.15, 0.2) is 119 Å². The normalized spacial score (nSPS) is 17.8. The summed E-state index contributed by atoms with van der Waals surface area (Å²) in [4.78, 5) is 19.4. The highest BCUT2D eigenvalue weighted by Gasteiger charge is 2.52. The summed E-state index contributed by atoms with van der Waals surface area (Å²) in [6, 6.07) is 32.5. The molecule has 0 saturated heterocycles. The van der Waals surface area contributed by atoms with E-state index in [2.05, 4.69) is 21.2 Å². The van der Waals surface area contributed by atoms with E-state index in [1.807, 2.05) is 109 Å². The predicted molar refractivity (Wildman–Crippen MR) is 174 cm³/mol. The molecule has 1 aliphatic heterocycles. The van der Waals surface area contributed by atoms with E-state index in [-0.39, 0.29) is 19.1 Å². The van der Waals surface area contributed by atoms with Crippen LogP contribution in [0.25, 0.3) is 6.08 Å². The highest BCUT2D eigenvalue weighted by molar-refractivity contribution is 9.10. The van der Waals surface area contributed by atoms with Gasteiger partial charge in [-0.2, -0.15) is 0 Å². The molecule has 6 nitrogen and oxygen atoms in total. The van der Waals surface area contributed by atoms with E-state index in [1.54, 1.807) is 6.07 Å². The van der Waals surface area contributed by atoms with Gasteiger partial charge in [0.1, 0.15) is 5.75 Å². The zero-order chi connectivity index (χ0) is 30.1. The molecule has 43 heavy (non-hydrogen) atoms. The number of aliphatic hydroxyl groups is 1. The van der Waals surface area contributed by atoms with E-state index >= 15 is 0 Å². The molecule has 0 aliphatic carbocycles. The molecule has 0 bridgehead atoms. The van der Waals surface area contributed by atoms with E-state index in [0.29, 0.717) is 36.1 Å². The predicted octanol–water partition coefficient (Wildman–Crippen LogP) is 7.54. The maximum Gasteiger partial charge on any atom is 0.252 e. The third-order valence-electron chi connectivity index (χ3n) is 7.14. The molecule has 5 rings (SSSR count). The van der Waals surface area contributed by atoms with Gasteiger partial charge in [-0.1, -0.05) is 100 Å². The van der Waals surface area contributed by atoms with Gasteiger partial charge in [0, 0.05) is 41.1 Å². The Hall–Kier alpha value is -3.91. The van der Waals surface area contributed by atoms with Crippen molar-refractivity contribution in [2.24, 2.45) is 4.99 Å². The van der Waals surface area contributed by atoms with E-state index in [4.69, 9.17) is 31.2 Å². The molecule has 1 heterocycles. The Kier molecular flexibility index (Phi) is 10.3. The van der Waals surface area contributed by atoms with Crippen molar-refractivity contribution in [1.82, 2.24) is 5.32 Å². The maximum atomic E-state index is 14.3. The number of benzene rings is 4. The number of halogens is 2. The lowest BCUT2D eigenvalue weighted by Crippen LogP contribution is -2.47. The molecule has 220 valence electrons. The van der Waals surface area contributed by atoms with Crippen LogP contribution in [0.3, 0.4) is 0 Å². The summed E-state index contributed by atoms with van der Waals surface area (Å²) in [6.45, 7) is 0.737. The zero-order valence-corrected chi connectivity index (χ0v) is 25.8. The van der Waals surface area contributed by atoms with Gasteiger partial charge < -0.3 is 19.9 Å². The first-order valence-corrected chi connectivity index (χ1v) is 15.2. The largest absolute Gasteiger partial charge is 0.494 e. The fraction of sp³-hybridized carbons (Fsp3) is 0.200. The average molecular weight is 660 g/mol. The first-order chi connectivity index (χ1) is 21.0. The van der Waals surface area contributed by atoms with Crippen molar-refractivity contribution in [3.05, 3.63) is 141 Å². The van der Waals surface area contributed by atoms with Gasteiger partial charge in [-0.15, -0.1) is 0 Å². The highest BCUT2D eigenvalue weighted by atomic mass is 79.9. The van der Waals surface area contributed by atoms with Crippen LogP contribution in [-0.2, 0) is 16.1 Å². The van der Waals surface area contributed by atoms with E-state index in [9.17, 15) is 4.79 Å². The molecule has 0 fully saturated rings. The Balaban J connectivity index is 1.52. The number of nitrogens with one attached hydrogen (secondary N) is 1. The van der Waals surface area contributed by atoms with Gasteiger partial charge in [0.25, 0.3) is 5.91 Å². The number of aliphatic hydroxyl groups excluding tert-OH is 1. The first kappa shape index (κ1) is 30.5. The van der Waals surface area contributed by atoms with Crippen molar-refractivity contribution in [3.63, 3.8) is 0 Å². The Morgan fingerprint density at radius 1 is 1.00 bits per heavy atom. The number of rotatable bonds is 12. The van der Waals surface area contributed by atoms with Crippen LogP contribution >= 0.6 is 27.5 Å². The van der Waals surface area contributed by atoms with E-state index in [0.717, 1.165) is 26.7 Å². The molecule has 1 aliphatic rings. The van der Waals surface area contributed by atoms with E-state index < -0.39 is 11.6 Å². The third kappa shape index (κ3) is 7.54. The molecule has 0 unspecified atom stereocenters. The van der Waals surface area contributed by atoms with Gasteiger partial charge in [0.05, 0.1) is 6.61 Å². The standard InChI is InChI=1S/C35H32BrClN2O4/c36-29-17-13-26(14-18-29)32-35(21-6-10-25-8-2-1-3-9-25,34(41)38-24-28-11-4-5-12-31(28)37)39-33(43-32)27-15-19-30(20-16-27)42-23-7-22-40/h1-6,8-20,32,40H,7,21-24H2,(H,38,41)/b10-6+/t32-,35-/m1/s1. The Morgan fingerprint density at radius 2 is 1.72 bits per heavy atom. The maximum absolute atomic E-state index is 14.3. The average Bonchev–Trinajstić information content (AvgIpc) is 3.42. The fourth-order valence-electron chi connectivity index (χ4n) is 4.86. The van der Waals surface area contributed by atoms with Crippen LogP contribution in [0.2, 0.25) is 5.02 Å². The van der Waals surface area contributed by atoms with Crippen molar-refractivity contribution in [3.8, 4) is 5.75 Å². The van der Waals surface area contributed by atoms with Crippen LogP contribution in [0.1, 0.15) is 41.2 Å². The number of hydrogen-bond donors (Lipinski definition) is 2. The molecule has 0 aromatic heterocycles. The lowest BCUT2D eigenvalue weighted by molar-refractivity contribution is -0.129. The number of amides is 1. The second-order valence-corrected chi connectivity index (χ2v) is 11.5. The summed E-state index contributed by atoms with van der Waals surface area (Å²) in [7, 11) is 0. The van der Waals surface area contributed by atoms with Crippen molar-refractivity contribution in [2.75, 3.05) is 13.2 Å². The second-order valence-electron chi connectivity index (χ2n) is 10.1. The molecule has 0 spiro atoms. The van der Waals surface area contributed by atoms with Crippen molar-refractivity contribution >= 4 is 45.4 Å². The van der Waals surface area contributed by atoms with Gasteiger partial charge in [-0.05, 0) is 59.2 Å². The van der Waals surface area contributed by atoms with Crippen LogP contribution < -0.4 is 10.1 Å². The molecule has 0 saturated carbocycles. The number of aliphatic imine (C=N–C) groups is 1. The summed E-state index contributed by atoms with van der Waals surface area (Å²) in [6.07, 6.45) is 4.12. The van der Waals surface area contributed by atoms with Gasteiger partial charge in [0.2, 0.25) is 5.90 Å². The molecule has 2 N–H and O–H groups in total. The molecular weight excluding hydrogens is 628 g/mol. The molecule has 0 radical (unpaired) electrons. The Bertz CT molecular complexity index is 1580. The number of hydrogen-bond acceptors (Lipinski definition) is 5. The minimum atomic E-state index is -1.30. The molecule has 2 atom stereocenters. The van der Waals surface area contributed by atoms with Gasteiger partial charge in [0.15, 0.2) is 11.6 Å².